The van der Waals surface area contributed by atoms with Gasteiger partial charge in [-0.1, -0.05) is 11.6 Å². The van der Waals surface area contributed by atoms with Crippen LogP contribution in [-0.2, 0) is 19.4 Å². The van der Waals surface area contributed by atoms with Gasteiger partial charge in [-0.05, 0) is 37.6 Å². The van der Waals surface area contributed by atoms with Gasteiger partial charge in [0.25, 0.3) is 0 Å². The van der Waals surface area contributed by atoms with Gasteiger partial charge >= 0.3 is 0 Å². The number of hydrogen-bond acceptors (Lipinski definition) is 4. The van der Waals surface area contributed by atoms with Crippen LogP contribution in [0, 0.1) is 0 Å². The zero-order valence-electron chi connectivity index (χ0n) is 11.3. The Morgan fingerprint density at radius 1 is 1.30 bits per heavy atom. The summed E-state index contributed by atoms with van der Waals surface area (Å²) < 4.78 is 29.0. The highest BCUT2D eigenvalue weighted by molar-refractivity contribution is 7.92. The standard InChI is InChI=1S/C13H18ClNO4S/c1-2-19-9-3-8-15-13(16)10-20(17,18)12-6-4-11(14)5-7-12/h4-7H,2-3,8-10H2,1H3,(H,15,16). The lowest BCUT2D eigenvalue weighted by atomic mass is 10.4. The van der Waals surface area contributed by atoms with E-state index in [1.807, 2.05) is 6.92 Å². The third-order valence-corrected chi connectivity index (χ3v) is 4.37. The fourth-order valence-corrected chi connectivity index (χ4v) is 2.79. The van der Waals surface area contributed by atoms with Crippen LogP contribution in [0.1, 0.15) is 13.3 Å². The van der Waals surface area contributed by atoms with Crippen LogP contribution in [0.25, 0.3) is 0 Å². The molecule has 0 fully saturated rings. The largest absolute Gasteiger partial charge is 0.382 e. The van der Waals surface area contributed by atoms with Gasteiger partial charge in [0.15, 0.2) is 9.84 Å². The van der Waals surface area contributed by atoms with Crippen LogP contribution in [0.2, 0.25) is 5.02 Å². The molecule has 1 aromatic rings. The quantitative estimate of drug-likeness (QED) is 0.740. The van der Waals surface area contributed by atoms with Crippen molar-refractivity contribution in [3.8, 4) is 0 Å². The van der Waals surface area contributed by atoms with Gasteiger partial charge in [0, 0.05) is 24.8 Å². The first-order valence-electron chi connectivity index (χ1n) is 6.28. The summed E-state index contributed by atoms with van der Waals surface area (Å²) >= 11 is 5.69. The van der Waals surface area contributed by atoms with E-state index in [2.05, 4.69) is 5.32 Å². The molecule has 0 saturated carbocycles. The molecule has 0 saturated heterocycles. The van der Waals surface area contributed by atoms with Gasteiger partial charge < -0.3 is 10.1 Å². The normalized spacial score (nSPS) is 11.3. The van der Waals surface area contributed by atoms with Crippen molar-refractivity contribution in [3.63, 3.8) is 0 Å². The monoisotopic (exact) mass is 319 g/mol. The minimum absolute atomic E-state index is 0.0892. The number of rotatable bonds is 8. The molecule has 20 heavy (non-hydrogen) atoms. The van der Waals surface area contributed by atoms with Gasteiger partial charge in [0.2, 0.25) is 5.91 Å². The Bertz CT molecular complexity index is 528. The minimum atomic E-state index is -3.63. The maximum atomic E-state index is 12.0. The van der Waals surface area contributed by atoms with Gasteiger partial charge in [-0.25, -0.2) is 8.42 Å². The Labute approximate surface area is 124 Å². The number of ether oxygens (including phenoxy) is 1. The van der Waals surface area contributed by atoms with Crippen molar-refractivity contribution in [2.45, 2.75) is 18.2 Å². The van der Waals surface area contributed by atoms with Gasteiger partial charge in [0.1, 0.15) is 5.75 Å². The number of carbonyl (C=O) groups excluding carboxylic acids is 1. The van der Waals surface area contributed by atoms with E-state index in [1.165, 1.54) is 24.3 Å². The molecule has 0 heterocycles. The molecule has 0 aliphatic heterocycles. The summed E-state index contributed by atoms with van der Waals surface area (Å²) in [7, 11) is -3.63. The van der Waals surface area contributed by atoms with Crippen molar-refractivity contribution >= 4 is 27.3 Å². The lowest BCUT2D eigenvalue weighted by molar-refractivity contribution is -0.118. The minimum Gasteiger partial charge on any atom is -0.382 e. The van der Waals surface area contributed by atoms with Crippen molar-refractivity contribution in [1.29, 1.82) is 0 Å². The molecule has 0 bridgehead atoms. The zero-order valence-corrected chi connectivity index (χ0v) is 12.8. The average molecular weight is 320 g/mol. The first-order chi connectivity index (χ1) is 9.45. The maximum absolute atomic E-state index is 12.0. The number of carbonyl (C=O) groups is 1. The van der Waals surface area contributed by atoms with Crippen LogP contribution < -0.4 is 5.32 Å². The second kappa shape index (κ2) is 8.24. The van der Waals surface area contributed by atoms with Crippen LogP contribution in [0.5, 0.6) is 0 Å². The van der Waals surface area contributed by atoms with Crippen molar-refractivity contribution < 1.29 is 17.9 Å². The highest BCUT2D eigenvalue weighted by Crippen LogP contribution is 2.15. The Hall–Kier alpha value is -1.11. The van der Waals surface area contributed by atoms with Gasteiger partial charge in [-0.15, -0.1) is 0 Å². The molecule has 7 heteroatoms. The van der Waals surface area contributed by atoms with Crippen LogP contribution in [0.15, 0.2) is 29.2 Å². The molecular formula is C13H18ClNO4S. The third-order valence-electron chi connectivity index (χ3n) is 2.49. The zero-order chi connectivity index (χ0) is 15.0. The van der Waals surface area contributed by atoms with Gasteiger partial charge in [-0.2, -0.15) is 0 Å². The molecular weight excluding hydrogens is 302 g/mol. The molecule has 1 amide bonds. The van der Waals surface area contributed by atoms with Gasteiger partial charge in [0.05, 0.1) is 4.90 Å². The number of sulfone groups is 1. The molecule has 5 nitrogen and oxygen atoms in total. The van der Waals surface area contributed by atoms with E-state index < -0.39 is 21.5 Å². The van der Waals surface area contributed by atoms with Crippen LogP contribution in [-0.4, -0.2) is 39.8 Å². The van der Waals surface area contributed by atoms with Gasteiger partial charge in [-0.3, -0.25) is 4.79 Å². The first-order valence-corrected chi connectivity index (χ1v) is 8.31. The van der Waals surface area contributed by atoms with E-state index in [9.17, 15) is 13.2 Å². The van der Waals surface area contributed by atoms with E-state index >= 15 is 0 Å². The number of amides is 1. The molecule has 0 aliphatic rings. The number of hydrogen-bond donors (Lipinski definition) is 1. The fourth-order valence-electron chi connectivity index (χ4n) is 1.50. The molecule has 0 unspecified atom stereocenters. The number of benzene rings is 1. The molecule has 1 aromatic carbocycles. The second-order valence-electron chi connectivity index (χ2n) is 4.11. The number of nitrogens with one attached hydrogen (secondary N) is 1. The highest BCUT2D eigenvalue weighted by Gasteiger charge is 2.18. The molecule has 0 aliphatic carbocycles. The molecule has 0 aromatic heterocycles. The SMILES string of the molecule is CCOCCCNC(=O)CS(=O)(=O)c1ccc(Cl)cc1. The summed E-state index contributed by atoms with van der Waals surface area (Å²) in [5.74, 6) is -1.08. The molecule has 0 spiro atoms. The van der Waals surface area contributed by atoms with Crippen molar-refractivity contribution in [2.24, 2.45) is 0 Å². The van der Waals surface area contributed by atoms with E-state index in [4.69, 9.17) is 16.3 Å². The second-order valence-corrected chi connectivity index (χ2v) is 6.54. The maximum Gasteiger partial charge on any atom is 0.235 e. The Kier molecular flexibility index (Phi) is 6.98. The molecule has 1 N–H and O–H groups in total. The van der Waals surface area contributed by atoms with E-state index in [1.54, 1.807) is 0 Å². The molecule has 112 valence electrons. The summed E-state index contributed by atoms with van der Waals surface area (Å²) in [5, 5.41) is 3.00. The predicted octanol–water partition coefficient (Wildman–Crippen LogP) is 1.66. The molecule has 1 rings (SSSR count). The van der Waals surface area contributed by atoms with Crippen LogP contribution in [0.3, 0.4) is 0 Å². The average Bonchev–Trinajstić information content (AvgIpc) is 2.38. The third kappa shape index (κ3) is 5.90. The summed E-state index contributed by atoms with van der Waals surface area (Å²) in [5.41, 5.74) is 0. The van der Waals surface area contributed by atoms with Crippen molar-refractivity contribution in [3.05, 3.63) is 29.3 Å². The number of halogens is 1. The Morgan fingerprint density at radius 3 is 2.55 bits per heavy atom. The van der Waals surface area contributed by atoms with Crippen molar-refractivity contribution in [1.82, 2.24) is 5.32 Å². The van der Waals surface area contributed by atoms with Crippen LogP contribution in [0.4, 0.5) is 0 Å². The van der Waals surface area contributed by atoms with Crippen LogP contribution >= 0.6 is 11.6 Å². The fraction of sp³-hybridized carbons (Fsp3) is 0.462. The summed E-state index contributed by atoms with van der Waals surface area (Å²) in [4.78, 5) is 11.7. The van der Waals surface area contributed by atoms with E-state index in [0.717, 1.165) is 0 Å². The lowest BCUT2D eigenvalue weighted by Gasteiger charge is -2.06. The lowest BCUT2D eigenvalue weighted by Crippen LogP contribution is -2.31. The summed E-state index contributed by atoms with van der Waals surface area (Å²) in [6, 6.07) is 5.74. The summed E-state index contributed by atoms with van der Waals surface area (Å²) in [6.45, 7) is 3.45. The summed E-state index contributed by atoms with van der Waals surface area (Å²) in [6.07, 6.45) is 0.653. The molecule has 0 radical (unpaired) electrons. The Balaban J connectivity index is 2.46. The topological polar surface area (TPSA) is 72.5 Å². The Morgan fingerprint density at radius 2 is 1.95 bits per heavy atom. The molecule has 0 atom stereocenters. The predicted molar refractivity (Wildman–Crippen MR) is 77.6 cm³/mol. The van der Waals surface area contributed by atoms with E-state index in [0.29, 0.717) is 31.2 Å². The highest BCUT2D eigenvalue weighted by atomic mass is 35.5. The first kappa shape index (κ1) is 16.9. The van der Waals surface area contributed by atoms with E-state index in [-0.39, 0.29) is 4.90 Å². The van der Waals surface area contributed by atoms with Crippen molar-refractivity contribution in [2.75, 3.05) is 25.5 Å². The smallest absolute Gasteiger partial charge is 0.235 e.